The number of carboxylic acids is 1. The van der Waals surface area contributed by atoms with Gasteiger partial charge in [-0.2, -0.15) is 0 Å². The Morgan fingerprint density at radius 3 is 2.80 bits per heavy atom. The second-order valence-electron chi connectivity index (χ2n) is 5.84. The second kappa shape index (κ2) is 6.92. The van der Waals surface area contributed by atoms with E-state index < -0.39 is 11.9 Å². The van der Waals surface area contributed by atoms with Crippen molar-refractivity contribution in [3.8, 4) is 0 Å². The van der Waals surface area contributed by atoms with Crippen LogP contribution in [0.3, 0.4) is 0 Å². The molecule has 2 aliphatic heterocycles. The van der Waals surface area contributed by atoms with Gasteiger partial charge in [0.2, 0.25) is 0 Å². The van der Waals surface area contributed by atoms with Gasteiger partial charge in [-0.1, -0.05) is 0 Å². The maximum atomic E-state index is 12.2. The van der Waals surface area contributed by atoms with Gasteiger partial charge in [0.05, 0.1) is 12.5 Å². The van der Waals surface area contributed by atoms with Crippen molar-refractivity contribution in [3.05, 3.63) is 0 Å². The molecule has 0 aromatic heterocycles. The molecule has 0 saturated carbocycles. The zero-order chi connectivity index (χ0) is 14.5. The molecule has 0 aromatic carbocycles. The molecular weight excluding hydrogens is 260 g/mol. The van der Waals surface area contributed by atoms with Gasteiger partial charge in [-0.25, -0.2) is 4.79 Å². The average Bonchev–Trinajstić information content (AvgIpc) is 2.48. The fraction of sp³-hybridized carbons (Fsp3) is 0.857. The maximum Gasteiger partial charge on any atom is 0.317 e. The summed E-state index contributed by atoms with van der Waals surface area (Å²) in [5.41, 5.74) is 0. The fourth-order valence-electron chi connectivity index (χ4n) is 2.93. The lowest BCUT2D eigenvalue weighted by Gasteiger charge is -2.34. The molecule has 6 nitrogen and oxygen atoms in total. The lowest BCUT2D eigenvalue weighted by Crippen LogP contribution is -2.51. The van der Waals surface area contributed by atoms with Crippen LogP contribution in [0.15, 0.2) is 0 Å². The highest BCUT2D eigenvalue weighted by Crippen LogP contribution is 2.19. The number of hydrogen-bond donors (Lipinski definition) is 2. The van der Waals surface area contributed by atoms with E-state index in [1.165, 1.54) is 0 Å². The molecule has 2 aliphatic rings. The summed E-state index contributed by atoms with van der Waals surface area (Å²) in [4.78, 5) is 24.8. The monoisotopic (exact) mass is 284 g/mol. The molecule has 2 rings (SSSR count). The third-order valence-corrected chi connectivity index (χ3v) is 4.31. The summed E-state index contributed by atoms with van der Waals surface area (Å²) in [5.74, 6) is -0.883. The van der Waals surface area contributed by atoms with E-state index in [1.54, 1.807) is 4.90 Å². The molecule has 114 valence electrons. The van der Waals surface area contributed by atoms with E-state index in [-0.39, 0.29) is 12.1 Å². The summed E-state index contributed by atoms with van der Waals surface area (Å²) < 4.78 is 5.44. The van der Waals surface area contributed by atoms with E-state index in [1.807, 2.05) is 6.92 Å². The number of nitrogens with zero attached hydrogens (tertiary/aromatic N) is 1. The number of carbonyl (C=O) groups excluding carboxylic acids is 1. The van der Waals surface area contributed by atoms with Gasteiger partial charge in [-0.3, -0.25) is 4.79 Å². The zero-order valence-electron chi connectivity index (χ0n) is 12.0. The highest BCUT2D eigenvalue weighted by Gasteiger charge is 2.30. The van der Waals surface area contributed by atoms with Crippen LogP contribution < -0.4 is 5.32 Å². The summed E-state index contributed by atoms with van der Waals surface area (Å²) >= 11 is 0. The van der Waals surface area contributed by atoms with Crippen molar-refractivity contribution >= 4 is 12.0 Å². The topological polar surface area (TPSA) is 78.9 Å². The number of amides is 2. The van der Waals surface area contributed by atoms with Gasteiger partial charge in [0, 0.05) is 31.7 Å². The minimum atomic E-state index is -0.809. The van der Waals surface area contributed by atoms with Crippen LogP contribution in [-0.2, 0) is 9.53 Å². The Labute approximate surface area is 119 Å². The SMILES string of the molecule is CC(NC(=O)N1CCCC(C(=O)O)C1)C1CCCOC1. The third kappa shape index (κ3) is 3.85. The van der Waals surface area contributed by atoms with Crippen molar-refractivity contribution in [2.75, 3.05) is 26.3 Å². The predicted molar refractivity (Wildman–Crippen MR) is 73.5 cm³/mol. The van der Waals surface area contributed by atoms with Crippen LogP contribution in [-0.4, -0.2) is 54.4 Å². The quantitative estimate of drug-likeness (QED) is 0.819. The number of rotatable bonds is 3. The molecule has 3 atom stereocenters. The number of urea groups is 1. The first-order chi connectivity index (χ1) is 9.58. The van der Waals surface area contributed by atoms with E-state index in [4.69, 9.17) is 9.84 Å². The molecule has 6 heteroatoms. The van der Waals surface area contributed by atoms with Crippen molar-refractivity contribution in [1.82, 2.24) is 10.2 Å². The van der Waals surface area contributed by atoms with Gasteiger partial charge < -0.3 is 20.1 Å². The highest BCUT2D eigenvalue weighted by molar-refractivity contribution is 5.76. The molecule has 2 fully saturated rings. The van der Waals surface area contributed by atoms with Crippen molar-refractivity contribution < 1.29 is 19.4 Å². The Morgan fingerprint density at radius 1 is 1.35 bits per heavy atom. The molecule has 2 N–H and O–H groups in total. The molecule has 0 aromatic rings. The minimum Gasteiger partial charge on any atom is -0.481 e. The molecule has 0 bridgehead atoms. The molecule has 3 unspecified atom stereocenters. The largest absolute Gasteiger partial charge is 0.481 e. The molecule has 2 amide bonds. The second-order valence-corrected chi connectivity index (χ2v) is 5.84. The Kier molecular flexibility index (Phi) is 5.23. The van der Waals surface area contributed by atoms with Crippen LogP contribution in [0.5, 0.6) is 0 Å². The molecule has 0 aliphatic carbocycles. The fourth-order valence-corrected chi connectivity index (χ4v) is 2.93. The average molecular weight is 284 g/mol. The summed E-state index contributed by atoms with van der Waals surface area (Å²) in [7, 11) is 0. The highest BCUT2D eigenvalue weighted by atomic mass is 16.5. The Balaban J connectivity index is 1.82. The number of likely N-dealkylation sites (tertiary alicyclic amines) is 1. The Bertz CT molecular complexity index is 355. The standard InChI is InChI=1S/C14H24N2O4/c1-10(12-5-3-7-20-9-12)15-14(19)16-6-2-4-11(8-16)13(17)18/h10-12H,2-9H2,1H3,(H,15,19)(H,17,18). The molecule has 0 radical (unpaired) electrons. The number of nitrogens with one attached hydrogen (secondary N) is 1. The number of carboxylic acid groups (broad SMARTS) is 1. The van der Waals surface area contributed by atoms with Gasteiger partial charge in [0.1, 0.15) is 0 Å². The number of piperidine rings is 1. The van der Waals surface area contributed by atoms with Gasteiger partial charge in [-0.05, 0) is 32.6 Å². The summed E-state index contributed by atoms with van der Waals surface area (Å²) in [6.07, 6.45) is 3.52. The molecule has 0 spiro atoms. The first-order valence-corrected chi connectivity index (χ1v) is 7.44. The van der Waals surface area contributed by atoms with Gasteiger partial charge in [0.25, 0.3) is 0 Å². The Morgan fingerprint density at radius 2 is 2.15 bits per heavy atom. The minimum absolute atomic E-state index is 0.0630. The summed E-state index contributed by atoms with van der Waals surface area (Å²) in [6, 6.07) is -0.0815. The number of ether oxygens (including phenoxy) is 1. The van der Waals surface area contributed by atoms with E-state index in [2.05, 4.69) is 5.32 Å². The first kappa shape index (κ1) is 15.1. The lowest BCUT2D eigenvalue weighted by molar-refractivity contribution is -0.143. The zero-order valence-corrected chi connectivity index (χ0v) is 12.0. The number of aliphatic carboxylic acids is 1. The molecule has 2 saturated heterocycles. The van der Waals surface area contributed by atoms with Crippen LogP contribution in [0.1, 0.15) is 32.6 Å². The molecule has 2 heterocycles. The van der Waals surface area contributed by atoms with Crippen LogP contribution in [0.25, 0.3) is 0 Å². The van der Waals surface area contributed by atoms with Gasteiger partial charge >= 0.3 is 12.0 Å². The van der Waals surface area contributed by atoms with Crippen LogP contribution in [0.4, 0.5) is 4.79 Å². The Hall–Kier alpha value is -1.30. The molecule has 20 heavy (non-hydrogen) atoms. The summed E-state index contributed by atoms with van der Waals surface area (Å²) in [6.45, 7) is 4.46. The third-order valence-electron chi connectivity index (χ3n) is 4.31. The maximum absolute atomic E-state index is 12.2. The number of hydrogen-bond acceptors (Lipinski definition) is 3. The van der Waals surface area contributed by atoms with Crippen LogP contribution >= 0.6 is 0 Å². The van der Waals surface area contributed by atoms with Crippen molar-refractivity contribution in [2.24, 2.45) is 11.8 Å². The van der Waals surface area contributed by atoms with E-state index in [0.717, 1.165) is 25.9 Å². The predicted octanol–water partition coefficient (Wildman–Crippen LogP) is 1.31. The van der Waals surface area contributed by atoms with Gasteiger partial charge in [-0.15, -0.1) is 0 Å². The van der Waals surface area contributed by atoms with E-state index in [0.29, 0.717) is 32.0 Å². The first-order valence-electron chi connectivity index (χ1n) is 7.44. The van der Waals surface area contributed by atoms with Gasteiger partial charge in [0.15, 0.2) is 0 Å². The van der Waals surface area contributed by atoms with Crippen molar-refractivity contribution in [3.63, 3.8) is 0 Å². The smallest absolute Gasteiger partial charge is 0.317 e. The number of carbonyl (C=O) groups is 2. The van der Waals surface area contributed by atoms with E-state index >= 15 is 0 Å². The van der Waals surface area contributed by atoms with Crippen molar-refractivity contribution in [1.29, 1.82) is 0 Å². The van der Waals surface area contributed by atoms with Crippen LogP contribution in [0, 0.1) is 11.8 Å². The lowest BCUT2D eigenvalue weighted by atomic mass is 9.95. The normalized spacial score (nSPS) is 28.8. The van der Waals surface area contributed by atoms with Crippen LogP contribution in [0.2, 0.25) is 0 Å². The van der Waals surface area contributed by atoms with E-state index in [9.17, 15) is 9.59 Å². The molecular formula is C14H24N2O4. The van der Waals surface area contributed by atoms with Crippen molar-refractivity contribution in [2.45, 2.75) is 38.6 Å². The summed E-state index contributed by atoms with van der Waals surface area (Å²) in [5, 5.41) is 12.0.